The Kier molecular flexibility index (Phi) is 8.39. The lowest BCUT2D eigenvalue weighted by Gasteiger charge is -2.46. The van der Waals surface area contributed by atoms with Gasteiger partial charge < -0.3 is 20.1 Å². The van der Waals surface area contributed by atoms with Gasteiger partial charge in [0.2, 0.25) is 0 Å². The highest BCUT2D eigenvalue weighted by molar-refractivity contribution is 7.19. The second kappa shape index (κ2) is 11.3. The molecule has 1 aliphatic rings. The molecular weight excluding hydrogens is 518 g/mol. The number of rotatable bonds is 9. The fourth-order valence-corrected chi connectivity index (χ4v) is 5.90. The van der Waals surface area contributed by atoms with Crippen molar-refractivity contribution >= 4 is 27.9 Å². The molecule has 11 heteroatoms. The number of hydrogen-bond acceptors (Lipinski definition) is 6. The molecule has 0 spiro atoms. The summed E-state index contributed by atoms with van der Waals surface area (Å²) in [5, 5.41) is 14.6. The fraction of sp³-hybridized carbons (Fsp3) is 0.400. The number of thiazole rings is 1. The number of hydrogen-bond donors (Lipinski definition) is 2. The molecular formula is C25H26ClF4N3O2S. The van der Waals surface area contributed by atoms with Crippen molar-refractivity contribution in [1.82, 2.24) is 10.3 Å². The predicted octanol–water partition coefficient (Wildman–Crippen LogP) is 5.59. The summed E-state index contributed by atoms with van der Waals surface area (Å²) in [6.07, 6.45) is -4.01. The Labute approximate surface area is 215 Å². The molecule has 36 heavy (non-hydrogen) atoms. The first-order valence-electron chi connectivity index (χ1n) is 11.4. The normalized spacial score (nSPS) is 19.1. The summed E-state index contributed by atoms with van der Waals surface area (Å²) in [4.78, 5) is 6.26. The van der Waals surface area contributed by atoms with E-state index in [1.54, 1.807) is 0 Å². The maximum atomic E-state index is 14.7. The standard InChI is InChI=1S/C25H26ClF4N3O2S/c1-35-20-11-17(27)16(10-18(20)28)23-32-19(12-26)24(36-23)33-9-5-8-25(14-33,21(34)22(29)30)31-13-15-6-3-2-4-7-15/h2-4,6-7,10-11,21-22,31,34H,5,8-9,12-14H2,1H3/t21-,25-/m1/s1. The van der Waals surface area contributed by atoms with Crippen LogP contribution < -0.4 is 15.0 Å². The Morgan fingerprint density at radius 1 is 1.22 bits per heavy atom. The van der Waals surface area contributed by atoms with Crippen LogP contribution in [0.1, 0.15) is 24.1 Å². The lowest BCUT2D eigenvalue weighted by Crippen LogP contribution is -2.65. The van der Waals surface area contributed by atoms with Crippen LogP contribution in [0.3, 0.4) is 0 Å². The maximum Gasteiger partial charge on any atom is 0.265 e. The summed E-state index contributed by atoms with van der Waals surface area (Å²) in [6, 6.07) is 11.3. The number of anilines is 1. The average Bonchev–Trinajstić information content (AvgIpc) is 3.33. The van der Waals surface area contributed by atoms with Gasteiger partial charge in [0.15, 0.2) is 11.6 Å². The zero-order valence-electron chi connectivity index (χ0n) is 19.5. The van der Waals surface area contributed by atoms with E-state index in [1.165, 1.54) is 7.11 Å². The van der Waals surface area contributed by atoms with Crippen molar-refractivity contribution in [2.75, 3.05) is 25.1 Å². The average molecular weight is 544 g/mol. The third-order valence-electron chi connectivity index (χ3n) is 6.38. The number of ether oxygens (including phenoxy) is 1. The zero-order valence-corrected chi connectivity index (χ0v) is 21.1. The van der Waals surface area contributed by atoms with Crippen LogP contribution in [0.5, 0.6) is 5.75 Å². The quantitative estimate of drug-likeness (QED) is 0.272. The van der Waals surface area contributed by atoms with Crippen LogP contribution in [0.2, 0.25) is 0 Å². The van der Waals surface area contributed by atoms with E-state index in [4.69, 9.17) is 16.3 Å². The molecule has 2 heterocycles. The summed E-state index contributed by atoms with van der Waals surface area (Å²) in [5.41, 5.74) is -0.0197. The molecule has 2 aromatic carbocycles. The minimum atomic E-state index is -2.95. The Bertz CT molecular complexity index is 1180. The number of nitrogens with one attached hydrogen (secondary N) is 1. The van der Waals surface area contributed by atoms with Gasteiger partial charge in [-0.1, -0.05) is 41.7 Å². The summed E-state index contributed by atoms with van der Waals surface area (Å²) in [5.74, 6) is -1.68. The van der Waals surface area contributed by atoms with Crippen LogP contribution >= 0.6 is 22.9 Å². The van der Waals surface area contributed by atoms with Gasteiger partial charge in [0.05, 0.1) is 24.2 Å². The molecule has 2 N–H and O–H groups in total. The third-order valence-corrected chi connectivity index (χ3v) is 7.82. The van der Waals surface area contributed by atoms with Crippen molar-refractivity contribution in [3.8, 4) is 16.3 Å². The Morgan fingerprint density at radius 2 is 1.97 bits per heavy atom. The fourth-order valence-electron chi connectivity index (χ4n) is 4.50. The SMILES string of the molecule is COc1cc(F)c(-c2nc(CCl)c(N3CCC[C@](NCc4ccccc4)([C@H](O)C(F)F)C3)s2)cc1F. The number of aromatic nitrogens is 1. The van der Waals surface area contributed by atoms with Crippen LogP contribution in [0.4, 0.5) is 22.6 Å². The zero-order chi connectivity index (χ0) is 25.9. The number of halogens is 5. The highest BCUT2D eigenvalue weighted by Crippen LogP contribution is 2.41. The van der Waals surface area contributed by atoms with E-state index in [9.17, 15) is 22.7 Å². The maximum absolute atomic E-state index is 14.7. The van der Waals surface area contributed by atoms with Crippen molar-refractivity contribution in [1.29, 1.82) is 0 Å². The molecule has 0 aliphatic carbocycles. The number of piperidine rings is 1. The van der Waals surface area contributed by atoms with Crippen LogP contribution in [0.25, 0.3) is 10.6 Å². The molecule has 3 aromatic rings. The highest BCUT2D eigenvalue weighted by Gasteiger charge is 2.46. The van der Waals surface area contributed by atoms with Gasteiger partial charge in [0.1, 0.15) is 21.9 Å². The molecule has 0 amide bonds. The monoisotopic (exact) mass is 543 g/mol. The minimum absolute atomic E-state index is 0.00949. The molecule has 1 aliphatic heterocycles. The number of benzene rings is 2. The van der Waals surface area contributed by atoms with Crippen molar-refractivity contribution in [2.24, 2.45) is 0 Å². The molecule has 4 rings (SSSR count). The molecule has 0 saturated carbocycles. The van der Waals surface area contributed by atoms with Gasteiger partial charge in [-0.05, 0) is 24.5 Å². The number of nitrogens with zero attached hydrogens (tertiary/aromatic N) is 2. The Morgan fingerprint density at radius 3 is 2.64 bits per heavy atom. The first kappa shape index (κ1) is 26.7. The highest BCUT2D eigenvalue weighted by atomic mass is 35.5. The molecule has 2 atom stereocenters. The largest absolute Gasteiger partial charge is 0.494 e. The van der Waals surface area contributed by atoms with Gasteiger partial charge in [-0.25, -0.2) is 22.5 Å². The summed E-state index contributed by atoms with van der Waals surface area (Å²) < 4.78 is 61.4. The van der Waals surface area contributed by atoms with E-state index < -0.39 is 29.7 Å². The van der Waals surface area contributed by atoms with Crippen molar-refractivity contribution in [2.45, 2.75) is 43.3 Å². The van der Waals surface area contributed by atoms with E-state index in [1.807, 2.05) is 35.2 Å². The topological polar surface area (TPSA) is 57.6 Å². The second-order valence-corrected chi connectivity index (χ2v) is 9.92. The van der Waals surface area contributed by atoms with Crippen LogP contribution in [0.15, 0.2) is 42.5 Å². The Balaban J connectivity index is 1.66. The lowest BCUT2D eigenvalue weighted by molar-refractivity contribution is -0.0657. The molecule has 5 nitrogen and oxygen atoms in total. The number of methoxy groups -OCH3 is 1. The van der Waals surface area contributed by atoms with E-state index in [0.717, 1.165) is 29.0 Å². The molecule has 0 radical (unpaired) electrons. The van der Waals surface area contributed by atoms with Gasteiger partial charge >= 0.3 is 0 Å². The van der Waals surface area contributed by atoms with Crippen molar-refractivity contribution < 1.29 is 27.4 Å². The van der Waals surface area contributed by atoms with E-state index in [-0.39, 0.29) is 28.7 Å². The first-order chi connectivity index (χ1) is 17.3. The minimum Gasteiger partial charge on any atom is -0.494 e. The summed E-state index contributed by atoms with van der Waals surface area (Å²) in [7, 11) is 1.24. The molecule has 0 unspecified atom stereocenters. The number of alkyl halides is 3. The predicted molar refractivity (Wildman–Crippen MR) is 133 cm³/mol. The van der Waals surface area contributed by atoms with Crippen LogP contribution in [-0.2, 0) is 12.4 Å². The van der Waals surface area contributed by atoms with Crippen LogP contribution in [-0.4, -0.2) is 48.4 Å². The van der Waals surface area contributed by atoms with Crippen molar-refractivity contribution in [3.63, 3.8) is 0 Å². The lowest BCUT2D eigenvalue weighted by atomic mass is 9.83. The second-order valence-electron chi connectivity index (χ2n) is 8.67. The molecule has 1 saturated heterocycles. The summed E-state index contributed by atoms with van der Waals surface area (Å²) >= 11 is 7.24. The van der Waals surface area contributed by atoms with E-state index >= 15 is 0 Å². The van der Waals surface area contributed by atoms with Crippen LogP contribution in [0, 0.1) is 11.6 Å². The van der Waals surface area contributed by atoms with Crippen molar-refractivity contribution in [3.05, 3.63) is 65.4 Å². The first-order valence-corrected chi connectivity index (χ1v) is 12.7. The third kappa shape index (κ3) is 5.46. The van der Waals surface area contributed by atoms with Gasteiger partial charge in [-0.3, -0.25) is 0 Å². The number of aliphatic hydroxyl groups excluding tert-OH is 1. The molecule has 1 fully saturated rings. The molecule has 0 bridgehead atoms. The molecule has 194 valence electrons. The van der Waals surface area contributed by atoms with E-state index in [0.29, 0.717) is 36.6 Å². The van der Waals surface area contributed by atoms with Gasteiger partial charge in [0.25, 0.3) is 6.43 Å². The van der Waals surface area contributed by atoms with Gasteiger partial charge in [-0.2, -0.15) is 0 Å². The smallest absolute Gasteiger partial charge is 0.265 e. The van der Waals surface area contributed by atoms with Gasteiger partial charge in [-0.15, -0.1) is 11.6 Å². The molecule has 1 aromatic heterocycles. The van der Waals surface area contributed by atoms with Gasteiger partial charge in [0, 0.05) is 31.3 Å². The van der Waals surface area contributed by atoms with E-state index in [2.05, 4.69) is 10.3 Å². The Hall–Kier alpha value is -2.40. The summed E-state index contributed by atoms with van der Waals surface area (Å²) in [6.45, 7) is 0.872. The number of aliphatic hydroxyl groups is 1.